The van der Waals surface area contributed by atoms with Crippen molar-refractivity contribution in [3.05, 3.63) is 23.8 Å². The maximum atomic E-state index is 11.7. The molecule has 0 fully saturated rings. The molecule has 1 rings (SSSR count). The van der Waals surface area contributed by atoms with E-state index >= 15 is 0 Å². The quantitative estimate of drug-likeness (QED) is 0.537. The molecule has 18 heavy (non-hydrogen) atoms. The van der Waals surface area contributed by atoms with Crippen molar-refractivity contribution in [3.63, 3.8) is 0 Å². The summed E-state index contributed by atoms with van der Waals surface area (Å²) in [5.74, 6) is 0.0765. The minimum atomic E-state index is -0.0681. The molecule has 1 aromatic rings. The van der Waals surface area contributed by atoms with Crippen LogP contribution in [0.3, 0.4) is 0 Å². The molecule has 0 heterocycles. The highest BCUT2D eigenvalue weighted by Gasteiger charge is 2.07. The average molecular weight is 250 g/mol. The zero-order chi connectivity index (χ0) is 13.5. The summed E-state index contributed by atoms with van der Waals surface area (Å²) in [6.45, 7) is 6.78. The molecule has 4 nitrogen and oxygen atoms in total. The SMILES string of the molecule is Cc1cccc(NC(=O)CCCNC(C)C)c1O. The number of rotatable bonds is 6. The van der Waals surface area contributed by atoms with Gasteiger partial charge < -0.3 is 15.7 Å². The predicted molar refractivity (Wildman–Crippen MR) is 73.8 cm³/mol. The minimum Gasteiger partial charge on any atom is -0.505 e. The Balaban J connectivity index is 2.38. The monoisotopic (exact) mass is 250 g/mol. The number of para-hydroxylation sites is 1. The lowest BCUT2D eigenvalue weighted by Crippen LogP contribution is -2.24. The maximum Gasteiger partial charge on any atom is 0.224 e. The average Bonchev–Trinajstić information content (AvgIpc) is 2.30. The lowest BCUT2D eigenvalue weighted by atomic mass is 10.2. The topological polar surface area (TPSA) is 61.4 Å². The van der Waals surface area contributed by atoms with Gasteiger partial charge >= 0.3 is 0 Å². The van der Waals surface area contributed by atoms with E-state index in [4.69, 9.17) is 0 Å². The molecule has 0 saturated carbocycles. The fourth-order valence-electron chi connectivity index (χ4n) is 1.61. The van der Waals surface area contributed by atoms with Gasteiger partial charge in [0.1, 0.15) is 5.75 Å². The van der Waals surface area contributed by atoms with Crippen molar-refractivity contribution >= 4 is 11.6 Å². The van der Waals surface area contributed by atoms with Crippen molar-refractivity contribution in [1.29, 1.82) is 0 Å². The summed E-state index contributed by atoms with van der Waals surface area (Å²) in [7, 11) is 0. The highest BCUT2D eigenvalue weighted by molar-refractivity contribution is 5.92. The number of aryl methyl sites for hydroxylation is 1. The first kappa shape index (κ1) is 14.5. The van der Waals surface area contributed by atoms with Crippen LogP contribution in [0.5, 0.6) is 5.75 Å². The van der Waals surface area contributed by atoms with Crippen molar-refractivity contribution in [3.8, 4) is 5.75 Å². The Morgan fingerprint density at radius 3 is 2.78 bits per heavy atom. The van der Waals surface area contributed by atoms with Gasteiger partial charge in [-0.15, -0.1) is 0 Å². The Morgan fingerprint density at radius 2 is 2.11 bits per heavy atom. The van der Waals surface area contributed by atoms with E-state index in [2.05, 4.69) is 24.5 Å². The van der Waals surface area contributed by atoms with E-state index in [1.165, 1.54) is 0 Å². The van der Waals surface area contributed by atoms with Crippen LogP contribution in [0.1, 0.15) is 32.3 Å². The Labute approximate surface area is 108 Å². The molecule has 100 valence electrons. The summed E-state index contributed by atoms with van der Waals surface area (Å²) in [5.41, 5.74) is 1.24. The standard InChI is InChI=1S/C14H22N2O2/c1-10(2)15-9-5-8-13(17)16-12-7-4-6-11(3)14(12)18/h4,6-7,10,15,18H,5,8-9H2,1-3H3,(H,16,17). The molecule has 0 aliphatic rings. The Bertz CT molecular complexity index is 403. The van der Waals surface area contributed by atoms with Crippen molar-refractivity contribution < 1.29 is 9.90 Å². The third-order valence-electron chi connectivity index (χ3n) is 2.65. The molecular formula is C14H22N2O2. The van der Waals surface area contributed by atoms with Gasteiger partial charge in [0, 0.05) is 12.5 Å². The van der Waals surface area contributed by atoms with Crippen molar-refractivity contribution in [2.75, 3.05) is 11.9 Å². The number of benzene rings is 1. The number of anilines is 1. The van der Waals surface area contributed by atoms with Crippen LogP contribution in [0, 0.1) is 6.92 Å². The highest BCUT2D eigenvalue weighted by atomic mass is 16.3. The fourth-order valence-corrected chi connectivity index (χ4v) is 1.61. The summed E-state index contributed by atoms with van der Waals surface area (Å²) in [4.78, 5) is 11.7. The van der Waals surface area contributed by atoms with Gasteiger partial charge in [-0.05, 0) is 31.5 Å². The summed E-state index contributed by atoms with van der Waals surface area (Å²) >= 11 is 0. The van der Waals surface area contributed by atoms with Gasteiger partial charge in [-0.3, -0.25) is 4.79 Å². The van der Waals surface area contributed by atoms with Crippen LogP contribution in [0.2, 0.25) is 0 Å². The van der Waals surface area contributed by atoms with E-state index in [-0.39, 0.29) is 11.7 Å². The van der Waals surface area contributed by atoms with Crippen LogP contribution in [-0.2, 0) is 4.79 Å². The van der Waals surface area contributed by atoms with Gasteiger partial charge in [0.05, 0.1) is 5.69 Å². The molecule has 0 unspecified atom stereocenters. The molecule has 0 spiro atoms. The second kappa shape index (κ2) is 7.01. The zero-order valence-corrected chi connectivity index (χ0v) is 11.3. The van der Waals surface area contributed by atoms with Crippen molar-refractivity contribution in [1.82, 2.24) is 5.32 Å². The first-order valence-electron chi connectivity index (χ1n) is 6.32. The molecule has 0 bridgehead atoms. The first-order chi connectivity index (χ1) is 8.50. The molecule has 0 aromatic heterocycles. The number of nitrogens with one attached hydrogen (secondary N) is 2. The first-order valence-corrected chi connectivity index (χ1v) is 6.32. The maximum absolute atomic E-state index is 11.7. The van der Waals surface area contributed by atoms with Gasteiger partial charge in [0.2, 0.25) is 5.91 Å². The zero-order valence-electron chi connectivity index (χ0n) is 11.3. The highest BCUT2D eigenvalue weighted by Crippen LogP contribution is 2.26. The number of aromatic hydroxyl groups is 1. The summed E-state index contributed by atoms with van der Waals surface area (Å²) in [5, 5.41) is 15.7. The fraction of sp³-hybridized carbons (Fsp3) is 0.500. The molecule has 0 atom stereocenters. The van der Waals surface area contributed by atoms with Crippen LogP contribution in [0.15, 0.2) is 18.2 Å². The number of phenolic OH excluding ortho intramolecular Hbond substituents is 1. The molecule has 0 aliphatic carbocycles. The predicted octanol–water partition coefficient (Wildman–Crippen LogP) is 2.42. The minimum absolute atomic E-state index is 0.0681. The number of phenols is 1. The second-order valence-corrected chi connectivity index (χ2v) is 4.73. The lowest BCUT2D eigenvalue weighted by Gasteiger charge is -2.10. The normalized spacial score (nSPS) is 10.7. The molecule has 1 aromatic carbocycles. The van der Waals surface area contributed by atoms with Crippen LogP contribution in [0.4, 0.5) is 5.69 Å². The largest absolute Gasteiger partial charge is 0.505 e. The van der Waals surface area contributed by atoms with Crippen LogP contribution >= 0.6 is 0 Å². The lowest BCUT2D eigenvalue weighted by molar-refractivity contribution is -0.116. The molecule has 1 amide bonds. The Kier molecular flexibility index (Phi) is 5.65. The van der Waals surface area contributed by atoms with E-state index in [0.717, 1.165) is 18.5 Å². The van der Waals surface area contributed by atoms with Gasteiger partial charge in [0.25, 0.3) is 0 Å². The van der Waals surface area contributed by atoms with Crippen molar-refractivity contribution in [2.24, 2.45) is 0 Å². The number of amides is 1. The summed E-state index contributed by atoms with van der Waals surface area (Å²) < 4.78 is 0. The van der Waals surface area contributed by atoms with Crippen LogP contribution in [-0.4, -0.2) is 23.6 Å². The molecule has 0 saturated heterocycles. The molecular weight excluding hydrogens is 228 g/mol. The van der Waals surface area contributed by atoms with E-state index < -0.39 is 0 Å². The van der Waals surface area contributed by atoms with Crippen molar-refractivity contribution in [2.45, 2.75) is 39.7 Å². The van der Waals surface area contributed by atoms with Crippen LogP contribution < -0.4 is 10.6 Å². The van der Waals surface area contributed by atoms with E-state index in [1.54, 1.807) is 19.1 Å². The number of carbonyl (C=O) groups excluding carboxylic acids is 1. The van der Waals surface area contributed by atoms with Gasteiger partial charge in [-0.2, -0.15) is 0 Å². The van der Waals surface area contributed by atoms with Gasteiger partial charge in [-0.1, -0.05) is 26.0 Å². The Morgan fingerprint density at radius 1 is 1.39 bits per heavy atom. The smallest absolute Gasteiger partial charge is 0.224 e. The molecule has 3 N–H and O–H groups in total. The third kappa shape index (κ3) is 4.75. The molecule has 0 radical (unpaired) electrons. The van der Waals surface area contributed by atoms with Gasteiger partial charge in [-0.25, -0.2) is 0 Å². The number of hydrogen-bond acceptors (Lipinski definition) is 3. The number of carbonyl (C=O) groups is 1. The Hall–Kier alpha value is -1.55. The van der Waals surface area contributed by atoms with Crippen LogP contribution in [0.25, 0.3) is 0 Å². The van der Waals surface area contributed by atoms with Gasteiger partial charge in [0.15, 0.2) is 0 Å². The molecule has 4 heteroatoms. The van der Waals surface area contributed by atoms with E-state index in [9.17, 15) is 9.90 Å². The summed E-state index contributed by atoms with van der Waals surface area (Å²) in [6.07, 6.45) is 1.24. The molecule has 0 aliphatic heterocycles. The second-order valence-electron chi connectivity index (χ2n) is 4.73. The third-order valence-corrected chi connectivity index (χ3v) is 2.65. The van der Waals surface area contributed by atoms with E-state index in [0.29, 0.717) is 18.2 Å². The summed E-state index contributed by atoms with van der Waals surface area (Å²) in [6, 6.07) is 5.75. The number of hydrogen-bond donors (Lipinski definition) is 3. The van der Waals surface area contributed by atoms with E-state index in [1.807, 2.05) is 6.07 Å².